The van der Waals surface area contributed by atoms with Crippen molar-refractivity contribution in [2.24, 2.45) is 0 Å². The fraction of sp³-hybridized carbons (Fsp3) is 0.200. The molecule has 74 valence electrons. The van der Waals surface area contributed by atoms with Gasteiger partial charge in [0.2, 0.25) is 6.54 Å². The summed E-state index contributed by atoms with van der Waals surface area (Å²) in [5.74, 6) is 2.15. The van der Waals surface area contributed by atoms with Gasteiger partial charge in [0.05, 0.1) is 12.7 Å². The van der Waals surface area contributed by atoms with E-state index in [1.54, 1.807) is 29.1 Å². The van der Waals surface area contributed by atoms with Crippen molar-refractivity contribution in [2.45, 2.75) is 6.54 Å². The van der Waals surface area contributed by atoms with Crippen molar-refractivity contribution in [1.82, 2.24) is 0 Å². The number of carbonyl (C=O) groups excluding carboxylic acids is 1. The second-order valence-corrected chi connectivity index (χ2v) is 2.45. The molecule has 0 unspecified atom stereocenters. The molecule has 0 aliphatic rings. The maximum absolute atomic E-state index is 11.0. The van der Waals surface area contributed by atoms with E-state index in [4.69, 9.17) is 6.42 Å². The van der Waals surface area contributed by atoms with Crippen molar-refractivity contribution < 1.29 is 31.1 Å². The van der Waals surface area contributed by atoms with Crippen LogP contribution in [0, 0.1) is 12.3 Å². The molecular formula is C10H10BrNO2. The third-order valence-corrected chi connectivity index (χ3v) is 1.59. The minimum Gasteiger partial charge on any atom is -1.00 e. The number of methoxy groups -OCH3 is 1. The number of ether oxygens (including phenoxy) is 1. The van der Waals surface area contributed by atoms with Crippen LogP contribution in [0.1, 0.15) is 10.4 Å². The predicted molar refractivity (Wildman–Crippen MR) is 46.8 cm³/mol. The lowest BCUT2D eigenvalue weighted by atomic mass is 10.3. The largest absolute Gasteiger partial charge is 1.00 e. The molecule has 0 saturated carbocycles. The maximum Gasteiger partial charge on any atom is 0.338 e. The lowest BCUT2D eigenvalue weighted by molar-refractivity contribution is -0.684. The van der Waals surface area contributed by atoms with E-state index in [1.165, 1.54) is 7.11 Å². The summed E-state index contributed by atoms with van der Waals surface area (Å²) in [6.45, 7) is 0.501. The Balaban J connectivity index is 0.00000169. The fourth-order valence-electron chi connectivity index (χ4n) is 0.922. The van der Waals surface area contributed by atoms with E-state index in [0.717, 1.165) is 0 Å². The zero-order valence-corrected chi connectivity index (χ0v) is 9.32. The topological polar surface area (TPSA) is 30.2 Å². The van der Waals surface area contributed by atoms with E-state index in [2.05, 4.69) is 10.7 Å². The normalized spacial score (nSPS) is 8.29. The van der Waals surface area contributed by atoms with E-state index in [1.807, 2.05) is 0 Å². The Morgan fingerprint density at radius 2 is 2.14 bits per heavy atom. The number of nitrogens with zero attached hydrogens (tertiary/aromatic N) is 1. The van der Waals surface area contributed by atoms with Gasteiger partial charge < -0.3 is 21.7 Å². The lowest BCUT2D eigenvalue weighted by Gasteiger charge is -1.96. The molecule has 0 aromatic carbocycles. The fourth-order valence-corrected chi connectivity index (χ4v) is 0.922. The van der Waals surface area contributed by atoms with Gasteiger partial charge in [0.15, 0.2) is 12.4 Å². The molecule has 0 aliphatic carbocycles. The molecule has 0 saturated heterocycles. The summed E-state index contributed by atoms with van der Waals surface area (Å²) in [4.78, 5) is 11.0. The smallest absolute Gasteiger partial charge is 0.338 e. The van der Waals surface area contributed by atoms with Crippen molar-refractivity contribution in [1.29, 1.82) is 0 Å². The molecule has 1 heterocycles. The first-order valence-corrected chi connectivity index (χ1v) is 3.79. The van der Waals surface area contributed by atoms with Crippen molar-refractivity contribution >= 4 is 5.97 Å². The van der Waals surface area contributed by atoms with Crippen LogP contribution in [0.3, 0.4) is 0 Å². The van der Waals surface area contributed by atoms with Crippen LogP contribution in [0.15, 0.2) is 24.5 Å². The molecule has 1 rings (SSSR count). The van der Waals surface area contributed by atoms with Crippen LogP contribution in [0.5, 0.6) is 0 Å². The average Bonchev–Trinajstić information content (AvgIpc) is 2.18. The van der Waals surface area contributed by atoms with Crippen LogP contribution >= 0.6 is 0 Å². The van der Waals surface area contributed by atoms with Crippen molar-refractivity contribution in [3.8, 4) is 12.3 Å². The Hall–Kier alpha value is -1.34. The molecule has 4 heteroatoms. The molecule has 1 aromatic rings. The summed E-state index contributed by atoms with van der Waals surface area (Å²) >= 11 is 0. The minimum atomic E-state index is -0.340. The van der Waals surface area contributed by atoms with Gasteiger partial charge in [-0.2, -0.15) is 4.57 Å². The van der Waals surface area contributed by atoms with E-state index in [-0.39, 0.29) is 23.0 Å². The zero-order valence-electron chi connectivity index (χ0n) is 7.74. The van der Waals surface area contributed by atoms with Gasteiger partial charge in [-0.1, -0.05) is 0 Å². The number of halogens is 1. The van der Waals surface area contributed by atoms with Gasteiger partial charge in [-0.3, -0.25) is 0 Å². The number of esters is 1. The van der Waals surface area contributed by atoms with Crippen LogP contribution in [0.25, 0.3) is 0 Å². The summed E-state index contributed by atoms with van der Waals surface area (Å²) in [5, 5.41) is 0. The van der Waals surface area contributed by atoms with Crippen LogP contribution in [-0.4, -0.2) is 13.1 Å². The Morgan fingerprint density at radius 1 is 1.57 bits per heavy atom. The molecule has 0 amide bonds. The molecule has 14 heavy (non-hydrogen) atoms. The molecule has 0 aliphatic heterocycles. The van der Waals surface area contributed by atoms with Crippen molar-refractivity contribution in [2.75, 3.05) is 7.11 Å². The number of hydrogen-bond donors (Lipinski definition) is 0. The summed E-state index contributed by atoms with van der Waals surface area (Å²) in [6.07, 6.45) is 8.61. The van der Waals surface area contributed by atoms with Crippen LogP contribution in [0.2, 0.25) is 0 Å². The highest BCUT2D eigenvalue weighted by molar-refractivity contribution is 5.88. The SMILES string of the molecule is C#CC[n+]1ccc(C(=O)OC)cc1.[Br-]. The molecule has 0 atom stereocenters. The van der Waals surface area contributed by atoms with Crippen LogP contribution in [-0.2, 0) is 11.3 Å². The van der Waals surface area contributed by atoms with Gasteiger partial charge >= 0.3 is 5.97 Å². The molecule has 0 fully saturated rings. The molecular weight excluding hydrogens is 246 g/mol. The van der Waals surface area contributed by atoms with Gasteiger partial charge in [-0.05, 0) is 5.92 Å². The number of rotatable bonds is 2. The minimum absolute atomic E-state index is 0. The van der Waals surface area contributed by atoms with Crippen molar-refractivity contribution in [3.05, 3.63) is 30.1 Å². The van der Waals surface area contributed by atoms with Gasteiger partial charge in [0, 0.05) is 12.1 Å². The Bertz CT molecular complexity index is 340. The van der Waals surface area contributed by atoms with Gasteiger partial charge in [-0.15, -0.1) is 6.42 Å². The molecule has 0 N–H and O–H groups in total. The quantitative estimate of drug-likeness (QED) is 0.330. The summed E-state index contributed by atoms with van der Waals surface area (Å²) in [5.41, 5.74) is 0.524. The third kappa shape index (κ3) is 3.19. The molecule has 3 nitrogen and oxygen atoms in total. The van der Waals surface area contributed by atoms with Gasteiger partial charge in [-0.25, -0.2) is 4.79 Å². The number of hydrogen-bond acceptors (Lipinski definition) is 2. The number of pyridine rings is 1. The summed E-state index contributed by atoms with van der Waals surface area (Å²) in [6, 6.07) is 3.34. The highest BCUT2D eigenvalue weighted by Crippen LogP contribution is 1.96. The van der Waals surface area contributed by atoms with E-state index in [0.29, 0.717) is 12.1 Å². The molecule has 0 radical (unpaired) electrons. The first-order chi connectivity index (χ1) is 6.27. The number of carbonyl (C=O) groups is 1. The average molecular weight is 256 g/mol. The second-order valence-electron chi connectivity index (χ2n) is 2.45. The van der Waals surface area contributed by atoms with E-state index in [9.17, 15) is 4.79 Å². The van der Waals surface area contributed by atoms with E-state index < -0.39 is 0 Å². The number of terminal acetylenes is 1. The van der Waals surface area contributed by atoms with E-state index >= 15 is 0 Å². The highest BCUT2D eigenvalue weighted by Gasteiger charge is 2.06. The third-order valence-electron chi connectivity index (χ3n) is 1.59. The molecule has 0 spiro atoms. The van der Waals surface area contributed by atoms with Gasteiger partial charge in [0.25, 0.3) is 0 Å². The maximum atomic E-state index is 11.0. The predicted octanol–water partition coefficient (Wildman–Crippen LogP) is -2.60. The molecule has 0 bridgehead atoms. The Labute approximate surface area is 93.5 Å². The Morgan fingerprint density at radius 3 is 2.57 bits per heavy atom. The molecule has 1 aromatic heterocycles. The lowest BCUT2D eigenvalue weighted by Crippen LogP contribution is -3.00. The summed E-state index contributed by atoms with van der Waals surface area (Å²) < 4.78 is 6.35. The van der Waals surface area contributed by atoms with Crippen LogP contribution < -0.4 is 21.5 Å². The van der Waals surface area contributed by atoms with Gasteiger partial charge in [0.1, 0.15) is 0 Å². The summed E-state index contributed by atoms with van der Waals surface area (Å²) in [7, 11) is 1.35. The second kappa shape index (κ2) is 6.17. The highest BCUT2D eigenvalue weighted by atomic mass is 79.9. The van der Waals surface area contributed by atoms with Crippen LogP contribution in [0.4, 0.5) is 0 Å². The standard InChI is InChI=1S/C10H10NO2.BrH/c1-3-6-11-7-4-9(5-8-11)10(12)13-2;/h1,4-5,7-8H,6H2,2H3;1H/q+1;/p-1. The zero-order chi connectivity index (χ0) is 9.68. The first-order valence-electron chi connectivity index (χ1n) is 3.79. The van der Waals surface area contributed by atoms with Crippen molar-refractivity contribution in [3.63, 3.8) is 0 Å². The Kier molecular flexibility index (Phi) is 5.58. The number of aromatic nitrogens is 1. The monoisotopic (exact) mass is 255 g/mol. The first kappa shape index (κ1) is 12.7.